The summed E-state index contributed by atoms with van der Waals surface area (Å²) in [4.78, 5) is 2.29. The molecule has 0 aromatic heterocycles. The van der Waals surface area contributed by atoms with Gasteiger partial charge in [0.15, 0.2) is 5.11 Å². The number of nitrogens with one attached hydrogen (secondary N) is 1. The Hall–Kier alpha value is -1.87. The van der Waals surface area contributed by atoms with Gasteiger partial charge in [-0.15, -0.1) is 0 Å². The van der Waals surface area contributed by atoms with E-state index in [2.05, 4.69) is 72.6 Å². The van der Waals surface area contributed by atoms with Crippen molar-refractivity contribution in [2.45, 2.75) is 26.2 Å². The van der Waals surface area contributed by atoms with Gasteiger partial charge in [-0.3, -0.25) is 0 Å². The maximum absolute atomic E-state index is 5.63. The van der Waals surface area contributed by atoms with E-state index >= 15 is 0 Å². The first-order valence-corrected chi connectivity index (χ1v) is 8.23. The lowest BCUT2D eigenvalue weighted by atomic mass is 9.99. The minimum atomic E-state index is 0.582. The predicted octanol–water partition coefficient (Wildman–Crippen LogP) is 4.49. The second-order valence-corrected chi connectivity index (χ2v) is 6.43. The monoisotopic (exact) mass is 310 g/mol. The number of rotatable bonds is 2. The smallest absolute Gasteiger partial charge is 0.173 e. The fourth-order valence-corrected chi connectivity index (χ4v) is 3.41. The largest absolute Gasteiger partial charge is 0.348 e. The highest BCUT2D eigenvalue weighted by Crippen LogP contribution is 2.28. The summed E-state index contributed by atoms with van der Waals surface area (Å²) >= 11 is 5.63. The molecule has 0 radical (unpaired) electrons. The number of likely N-dealkylation sites (tertiary alicyclic amines) is 1. The molecule has 1 N–H and O–H groups in total. The van der Waals surface area contributed by atoms with Crippen molar-refractivity contribution in [3.8, 4) is 0 Å². The molecule has 2 nitrogen and oxygen atoms in total. The zero-order valence-electron chi connectivity index (χ0n) is 13.2. The number of nitrogens with zero attached hydrogens (tertiary/aromatic N) is 1. The van der Waals surface area contributed by atoms with Crippen LogP contribution in [-0.4, -0.2) is 23.1 Å². The first-order chi connectivity index (χ1) is 10.6. The lowest BCUT2D eigenvalue weighted by Crippen LogP contribution is -2.33. The van der Waals surface area contributed by atoms with E-state index in [1.807, 2.05) is 0 Å². The Balaban J connectivity index is 1.67. The molecule has 1 aliphatic rings. The van der Waals surface area contributed by atoms with Crippen molar-refractivity contribution in [3.63, 3.8) is 0 Å². The van der Waals surface area contributed by atoms with E-state index in [0.717, 1.165) is 23.9 Å². The van der Waals surface area contributed by atoms with E-state index in [0.29, 0.717) is 5.92 Å². The molecule has 2 aromatic rings. The summed E-state index contributed by atoms with van der Waals surface area (Å²) in [5.74, 6) is 0.582. The normalized spacial score (nSPS) is 17.5. The van der Waals surface area contributed by atoms with Crippen LogP contribution in [0.4, 0.5) is 5.69 Å². The Bertz CT molecular complexity index is 646. The average molecular weight is 310 g/mol. The average Bonchev–Trinajstić information content (AvgIpc) is 3.02. The van der Waals surface area contributed by atoms with Crippen molar-refractivity contribution < 1.29 is 0 Å². The zero-order chi connectivity index (χ0) is 15.5. The van der Waals surface area contributed by atoms with Crippen molar-refractivity contribution in [2.75, 3.05) is 18.4 Å². The van der Waals surface area contributed by atoms with E-state index in [1.165, 1.54) is 23.1 Å². The molecular weight excluding hydrogens is 288 g/mol. The maximum atomic E-state index is 5.63. The fraction of sp³-hybridized carbons (Fsp3) is 0.316. The molecule has 0 unspecified atom stereocenters. The lowest BCUT2D eigenvalue weighted by molar-refractivity contribution is 0.518. The number of anilines is 1. The first-order valence-electron chi connectivity index (χ1n) is 7.82. The van der Waals surface area contributed by atoms with Crippen LogP contribution in [0.5, 0.6) is 0 Å². The standard InChI is InChI=1S/C19H22N2S/c1-14-7-6-8-15(2)18(14)20-19(22)21-12-11-17(13-21)16-9-4-3-5-10-16/h3-10,17H,11-13H2,1-2H3,(H,20,22)/t17-/m0/s1. The number of hydrogen-bond acceptors (Lipinski definition) is 1. The van der Waals surface area contributed by atoms with E-state index in [4.69, 9.17) is 12.2 Å². The van der Waals surface area contributed by atoms with Gasteiger partial charge in [0.05, 0.1) is 0 Å². The Labute approximate surface area is 138 Å². The molecule has 0 aliphatic carbocycles. The van der Waals surface area contributed by atoms with Gasteiger partial charge < -0.3 is 10.2 Å². The molecule has 1 heterocycles. The van der Waals surface area contributed by atoms with Gasteiger partial charge in [-0.25, -0.2) is 0 Å². The Kier molecular flexibility index (Phi) is 4.44. The van der Waals surface area contributed by atoms with E-state index < -0.39 is 0 Å². The van der Waals surface area contributed by atoms with Crippen molar-refractivity contribution in [3.05, 3.63) is 65.2 Å². The molecule has 1 atom stereocenters. The van der Waals surface area contributed by atoms with E-state index in [-0.39, 0.29) is 0 Å². The van der Waals surface area contributed by atoms with Crippen LogP contribution in [0.3, 0.4) is 0 Å². The molecular formula is C19H22N2S. The van der Waals surface area contributed by atoms with Crippen LogP contribution in [0.1, 0.15) is 29.0 Å². The summed E-state index contributed by atoms with van der Waals surface area (Å²) in [5, 5.41) is 4.29. The quantitative estimate of drug-likeness (QED) is 0.823. The van der Waals surface area contributed by atoms with Crippen LogP contribution in [0.25, 0.3) is 0 Å². The third-order valence-corrected chi connectivity index (χ3v) is 4.82. The molecule has 0 saturated carbocycles. The van der Waals surface area contributed by atoms with Crippen molar-refractivity contribution in [1.29, 1.82) is 0 Å². The van der Waals surface area contributed by atoms with Crippen LogP contribution in [-0.2, 0) is 0 Å². The molecule has 3 heteroatoms. The summed E-state index contributed by atoms with van der Waals surface area (Å²) in [6, 6.07) is 17.1. The highest BCUT2D eigenvalue weighted by Gasteiger charge is 2.25. The molecule has 0 bridgehead atoms. The van der Waals surface area contributed by atoms with Gasteiger partial charge in [-0.2, -0.15) is 0 Å². The molecule has 3 rings (SSSR count). The third-order valence-electron chi connectivity index (χ3n) is 4.46. The zero-order valence-corrected chi connectivity index (χ0v) is 14.0. The molecule has 114 valence electrons. The van der Waals surface area contributed by atoms with Gasteiger partial charge in [-0.05, 0) is 49.2 Å². The number of benzene rings is 2. The van der Waals surface area contributed by atoms with Crippen LogP contribution in [0, 0.1) is 13.8 Å². The van der Waals surface area contributed by atoms with Gasteiger partial charge in [0, 0.05) is 24.7 Å². The van der Waals surface area contributed by atoms with E-state index in [9.17, 15) is 0 Å². The third kappa shape index (κ3) is 3.14. The second-order valence-electron chi connectivity index (χ2n) is 6.04. The summed E-state index contributed by atoms with van der Waals surface area (Å²) < 4.78 is 0. The fourth-order valence-electron chi connectivity index (χ4n) is 3.14. The Morgan fingerprint density at radius 3 is 2.41 bits per heavy atom. The summed E-state index contributed by atoms with van der Waals surface area (Å²) in [6.45, 7) is 6.26. The van der Waals surface area contributed by atoms with Crippen LogP contribution in [0.15, 0.2) is 48.5 Å². The van der Waals surface area contributed by atoms with Gasteiger partial charge in [0.1, 0.15) is 0 Å². The van der Waals surface area contributed by atoms with Crippen molar-refractivity contribution in [2.24, 2.45) is 0 Å². The van der Waals surface area contributed by atoms with Crippen molar-refractivity contribution in [1.82, 2.24) is 4.90 Å². The number of aryl methyl sites for hydroxylation is 2. The second kappa shape index (κ2) is 6.49. The Morgan fingerprint density at radius 2 is 1.73 bits per heavy atom. The van der Waals surface area contributed by atoms with Crippen LogP contribution < -0.4 is 5.32 Å². The first kappa shape index (κ1) is 15.0. The SMILES string of the molecule is Cc1cccc(C)c1NC(=S)N1CC[C@H](c2ccccc2)C1. The predicted molar refractivity (Wildman–Crippen MR) is 97.5 cm³/mol. The Morgan fingerprint density at radius 1 is 1.05 bits per heavy atom. The number of hydrogen-bond donors (Lipinski definition) is 1. The summed E-state index contributed by atoms with van der Waals surface area (Å²) in [5.41, 5.74) is 5.04. The van der Waals surface area contributed by atoms with Gasteiger partial charge in [0.25, 0.3) is 0 Å². The highest BCUT2D eigenvalue weighted by molar-refractivity contribution is 7.80. The number of thiocarbonyl (C=S) groups is 1. The molecule has 0 spiro atoms. The van der Waals surface area contributed by atoms with Crippen LogP contribution in [0.2, 0.25) is 0 Å². The maximum Gasteiger partial charge on any atom is 0.173 e. The molecule has 1 aliphatic heterocycles. The van der Waals surface area contributed by atoms with Gasteiger partial charge >= 0.3 is 0 Å². The van der Waals surface area contributed by atoms with Gasteiger partial charge in [-0.1, -0.05) is 48.5 Å². The van der Waals surface area contributed by atoms with Crippen molar-refractivity contribution >= 4 is 23.0 Å². The molecule has 2 aromatic carbocycles. The number of para-hydroxylation sites is 1. The minimum Gasteiger partial charge on any atom is -0.348 e. The van der Waals surface area contributed by atoms with Crippen LogP contribution >= 0.6 is 12.2 Å². The van der Waals surface area contributed by atoms with E-state index in [1.54, 1.807) is 0 Å². The lowest BCUT2D eigenvalue weighted by Gasteiger charge is -2.22. The minimum absolute atomic E-state index is 0.582. The topological polar surface area (TPSA) is 15.3 Å². The molecule has 1 fully saturated rings. The summed E-state index contributed by atoms with van der Waals surface area (Å²) in [6.07, 6.45) is 1.17. The summed E-state index contributed by atoms with van der Waals surface area (Å²) in [7, 11) is 0. The highest BCUT2D eigenvalue weighted by atomic mass is 32.1. The molecule has 0 amide bonds. The molecule has 1 saturated heterocycles. The van der Waals surface area contributed by atoms with Gasteiger partial charge in [0.2, 0.25) is 0 Å². The molecule has 22 heavy (non-hydrogen) atoms.